The van der Waals surface area contributed by atoms with E-state index in [-0.39, 0.29) is 6.04 Å². The van der Waals surface area contributed by atoms with Crippen molar-refractivity contribution < 1.29 is 0 Å². The minimum atomic E-state index is 0.223. The summed E-state index contributed by atoms with van der Waals surface area (Å²) in [4.78, 5) is 0. The molecule has 0 bridgehead atoms. The normalized spacial score (nSPS) is 13.0. The lowest BCUT2D eigenvalue weighted by molar-refractivity contribution is 0.742. The number of fused-ring (bicyclic) bond motifs is 1. The Bertz CT molecular complexity index is 427. The predicted octanol–water partition coefficient (Wildman–Crippen LogP) is 2.73. The van der Waals surface area contributed by atoms with Crippen LogP contribution in [0.15, 0.2) is 42.5 Å². The van der Waals surface area contributed by atoms with Crippen molar-refractivity contribution in [3.05, 3.63) is 48.0 Å². The number of rotatable bonds is 2. The molecule has 0 fully saturated rings. The van der Waals surface area contributed by atoms with Gasteiger partial charge in [0.05, 0.1) is 0 Å². The topological polar surface area (TPSA) is 26.0 Å². The summed E-state index contributed by atoms with van der Waals surface area (Å²) in [6, 6.07) is 15.1. The molecule has 0 radical (unpaired) electrons. The van der Waals surface area contributed by atoms with Crippen molar-refractivity contribution >= 4 is 10.8 Å². The summed E-state index contributed by atoms with van der Waals surface area (Å²) in [6.07, 6.45) is 0.946. The molecule has 2 rings (SSSR count). The highest BCUT2D eigenvalue weighted by Crippen LogP contribution is 2.19. The van der Waals surface area contributed by atoms with Crippen LogP contribution in [0.2, 0.25) is 0 Å². The zero-order valence-electron chi connectivity index (χ0n) is 8.40. The summed E-state index contributed by atoms with van der Waals surface area (Å²) < 4.78 is 0. The molecule has 0 saturated heterocycles. The van der Waals surface area contributed by atoms with Gasteiger partial charge in [0.25, 0.3) is 0 Å². The van der Waals surface area contributed by atoms with Crippen LogP contribution in [-0.4, -0.2) is 6.04 Å². The van der Waals surface area contributed by atoms with Gasteiger partial charge in [-0.1, -0.05) is 42.5 Å². The molecule has 0 spiro atoms. The monoisotopic (exact) mass is 185 g/mol. The van der Waals surface area contributed by atoms with Crippen LogP contribution in [0.4, 0.5) is 0 Å². The van der Waals surface area contributed by atoms with Crippen molar-refractivity contribution in [2.75, 3.05) is 0 Å². The summed E-state index contributed by atoms with van der Waals surface area (Å²) in [5, 5.41) is 2.62. The van der Waals surface area contributed by atoms with Crippen molar-refractivity contribution in [3.8, 4) is 0 Å². The minimum absolute atomic E-state index is 0.223. The average Bonchev–Trinajstić information content (AvgIpc) is 2.18. The molecule has 0 amide bonds. The first kappa shape index (κ1) is 9.22. The SMILES string of the molecule is C[C@@H](N)Cc1cccc2ccccc12. The quantitative estimate of drug-likeness (QED) is 0.765. The van der Waals surface area contributed by atoms with Crippen molar-refractivity contribution in [1.29, 1.82) is 0 Å². The van der Waals surface area contributed by atoms with E-state index in [9.17, 15) is 0 Å². The smallest absolute Gasteiger partial charge is 0.00511 e. The zero-order valence-corrected chi connectivity index (χ0v) is 8.40. The lowest BCUT2D eigenvalue weighted by atomic mass is 10.00. The lowest BCUT2D eigenvalue weighted by Gasteiger charge is -2.08. The van der Waals surface area contributed by atoms with Crippen molar-refractivity contribution in [2.45, 2.75) is 19.4 Å². The molecule has 2 aromatic rings. The van der Waals surface area contributed by atoms with Crippen molar-refractivity contribution in [1.82, 2.24) is 0 Å². The Balaban J connectivity index is 2.53. The largest absolute Gasteiger partial charge is 0.328 e. The van der Waals surface area contributed by atoms with Gasteiger partial charge in [-0.3, -0.25) is 0 Å². The van der Waals surface area contributed by atoms with Crippen molar-refractivity contribution in [2.24, 2.45) is 5.73 Å². The van der Waals surface area contributed by atoms with Crippen LogP contribution in [-0.2, 0) is 6.42 Å². The Kier molecular flexibility index (Phi) is 2.51. The molecule has 72 valence electrons. The molecule has 0 aromatic heterocycles. The van der Waals surface area contributed by atoms with Crippen LogP contribution >= 0.6 is 0 Å². The summed E-state index contributed by atoms with van der Waals surface area (Å²) >= 11 is 0. The molecule has 0 aliphatic rings. The van der Waals surface area contributed by atoms with E-state index < -0.39 is 0 Å². The maximum atomic E-state index is 5.82. The Labute approximate surface area is 84.5 Å². The average molecular weight is 185 g/mol. The number of benzene rings is 2. The van der Waals surface area contributed by atoms with Crippen LogP contribution in [0.3, 0.4) is 0 Å². The van der Waals surface area contributed by atoms with E-state index in [0.29, 0.717) is 0 Å². The second-order valence-corrected chi connectivity index (χ2v) is 3.82. The van der Waals surface area contributed by atoms with Gasteiger partial charge in [0.15, 0.2) is 0 Å². The highest BCUT2D eigenvalue weighted by Gasteiger charge is 2.01. The number of nitrogens with two attached hydrogens (primary N) is 1. The van der Waals surface area contributed by atoms with E-state index in [2.05, 4.69) is 42.5 Å². The highest BCUT2D eigenvalue weighted by atomic mass is 14.6. The first-order valence-corrected chi connectivity index (χ1v) is 4.99. The van der Waals surface area contributed by atoms with Gasteiger partial charge in [-0.15, -0.1) is 0 Å². The van der Waals surface area contributed by atoms with Gasteiger partial charge >= 0.3 is 0 Å². The van der Waals surface area contributed by atoms with Gasteiger partial charge in [-0.25, -0.2) is 0 Å². The third-order valence-corrected chi connectivity index (χ3v) is 2.42. The fourth-order valence-electron chi connectivity index (χ4n) is 1.82. The number of hydrogen-bond acceptors (Lipinski definition) is 1. The standard InChI is InChI=1S/C13H15N/c1-10(14)9-12-7-4-6-11-5-2-3-8-13(11)12/h2-8,10H,9,14H2,1H3/t10-/m1/s1. The maximum Gasteiger partial charge on any atom is 0.00511 e. The first-order valence-electron chi connectivity index (χ1n) is 4.99. The zero-order chi connectivity index (χ0) is 9.97. The van der Waals surface area contributed by atoms with E-state index in [4.69, 9.17) is 5.73 Å². The predicted molar refractivity (Wildman–Crippen MR) is 61.3 cm³/mol. The number of hydrogen-bond donors (Lipinski definition) is 1. The molecule has 0 aliphatic heterocycles. The van der Waals surface area contributed by atoms with E-state index >= 15 is 0 Å². The molecule has 1 nitrogen and oxygen atoms in total. The van der Waals surface area contributed by atoms with Crippen LogP contribution in [0.5, 0.6) is 0 Å². The molecule has 1 heteroatoms. The van der Waals surface area contributed by atoms with Gasteiger partial charge in [-0.2, -0.15) is 0 Å². The van der Waals surface area contributed by atoms with Gasteiger partial charge in [0.1, 0.15) is 0 Å². The van der Waals surface area contributed by atoms with Crippen LogP contribution in [0.25, 0.3) is 10.8 Å². The molecule has 1 atom stereocenters. The van der Waals surface area contributed by atoms with E-state index in [1.165, 1.54) is 16.3 Å². The third kappa shape index (κ3) is 1.78. The fraction of sp³-hybridized carbons (Fsp3) is 0.231. The Morgan fingerprint density at radius 1 is 1.07 bits per heavy atom. The molecule has 0 unspecified atom stereocenters. The van der Waals surface area contributed by atoms with E-state index in [0.717, 1.165) is 6.42 Å². The van der Waals surface area contributed by atoms with Crippen LogP contribution in [0, 0.1) is 0 Å². The second-order valence-electron chi connectivity index (χ2n) is 3.82. The van der Waals surface area contributed by atoms with Gasteiger partial charge in [0.2, 0.25) is 0 Å². The Hall–Kier alpha value is -1.34. The maximum absolute atomic E-state index is 5.82. The third-order valence-electron chi connectivity index (χ3n) is 2.42. The van der Waals surface area contributed by atoms with Gasteiger partial charge in [0, 0.05) is 6.04 Å². The molecule has 0 aliphatic carbocycles. The van der Waals surface area contributed by atoms with Crippen LogP contribution < -0.4 is 5.73 Å². The lowest BCUT2D eigenvalue weighted by Crippen LogP contribution is -2.17. The molecule has 0 heterocycles. The summed E-state index contributed by atoms with van der Waals surface area (Å²) in [5.74, 6) is 0. The first-order chi connectivity index (χ1) is 6.77. The van der Waals surface area contributed by atoms with E-state index in [1.807, 2.05) is 6.92 Å². The van der Waals surface area contributed by atoms with E-state index in [1.54, 1.807) is 0 Å². The molecule has 2 N–H and O–H groups in total. The molecular weight excluding hydrogens is 170 g/mol. The van der Waals surface area contributed by atoms with Gasteiger partial charge in [-0.05, 0) is 29.7 Å². The Morgan fingerprint density at radius 3 is 2.57 bits per heavy atom. The van der Waals surface area contributed by atoms with Crippen molar-refractivity contribution in [3.63, 3.8) is 0 Å². The Morgan fingerprint density at radius 2 is 1.79 bits per heavy atom. The molecular formula is C13H15N. The summed E-state index contributed by atoms with van der Waals surface area (Å²) in [6.45, 7) is 2.04. The minimum Gasteiger partial charge on any atom is -0.328 e. The molecule has 0 saturated carbocycles. The molecule has 14 heavy (non-hydrogen) atoms. The molecule has 2 aromatic carbocycles. The highest BCUT2D eigenvalue weighted by molar-refractivity contribution is 5.85. The summed E-state index contributed by atoms with van der Waals surface area (Å²) in [5.41, 5.74) is 7.16. The van der Waals surface area contributed by atoms with Gasteiger partial charge < -0.3 is 5.73 Å². The van der Waals surface area contributed by atoms with Crippen LogP contribution in [0.1, 0.15) is 12.5 Å². The fourth-order valence-corrected chi connectivity index (χ4v) is 1.82. The second kappa shape index (κ2) is 3.81. The summed E-state index contributed by atoms with van der Waals surface area (Å²) in [7, 11) is 0.